The van der Waals surface area contributed by atoms with Gasteiger partial charge < -0.3 is 29.9 Å². The van der Waals surface area contributed by atoms with Crippen LogP contribution in [0.2, 0.25) is 0 Å². The molecule has 0 spiro atoms. The van der Waals surface area contributed by atoms with E-state index in [-0.39, 0.29) is 11.4 Å². The fraction of sp³-hybridized carbons (Fsp3) is 0.500. The van der Waals surface area contributed by atoms with Crippen molar-refractivity contribution >= 4 is 5.69 Å². The highest BCUT2D eigenvalue weighted by Crippen LogP contribution is 2.25. The molecule has 1 aromatic rings. The van der Waals surface area contributed by atoms with E-state index in [2.05, 4.69) is 0 Å². The van der Waals surface area contributed by atoms with Crippen molar-refractivity contribution in [2.75, 3.05) is 6.61 Å². The molecule has 0 aromatic heterocycles. The van der Waals surface area contributed by atoms with E-state index in [0.717, 1.165) is 0 Å². The van der Waals surface area contributed by atoms with Crippen LogP contribution in [0.3, 0.4) is 0 Å². The minimum atomic E-state index is -1.54. The highest BCUT2D eigenvalue weighted by atomic mass is 16.7. The van der Waals surface area contributed by atoms with Crippen molar-refractivity contribution in [2.45, 2.75) is 30.7 Å². The minimum absolute atomic E-state index is 0.129. The van der Waals surface area contributed by atoms with Crippen molar-refractivity contribution in [1.82, 2.24) is 0 Å². The van der Waals surface area contributed by atoms with E-state index in [1.54, 1.807) is 0 Å². The number of rotatable bonds is 4. The van der Waals surface area contributed by atoms with E-state index >= 15 is 0 Å². The summed E-state index contributed by atoms with van der Waals surface area (Å²) >= 11 is 0. The third-order valence-electron chi connectivity index (χ3n) is 3.15. The van der Waals surface area contributed by atoms with E-state index in [4.69, 9.17) is 14.6 Å². The number of ether oxygens (including phenoxy) is 2. The van der Waals surface area contributed by atoms with Gasteiger partial charge in [0.05, 0.1) is 11.5 Å². The predicted molar refractivity (Wildman–Crippen MR) is 67.5 cm³/mol. The van der Waals surface area contributed by atoms with E-state index in [1.807, 2.05) is 0 Å². The summed E-state index contributed by atoms with van der Waals surface area (Å²) in [4.78, 5) is 9.95. The Morgan fingerprint density at radius 3 is 2.29 bits per heavy atom. The number of nitrogens with zero attached hydrogens (tertiary/aromatic N) is 1. The molecule has 2 rings (SSSR count). The number of benzene rings is 1. The van der Waals surface area contributed by atoms with Crippen LogP contribution < -0.4 is 4.74 Å². The van der Waals surface area contributed by atoms with Crippen LogP contribution in [0.1, 0.15) is 0 Å². The lowest BCUT2D eigenvalue weighted by atomic mass is 9.99. The minimum Gasteiger partial charge on any atom is -0.462 e. The van der Waals surface area contributed by atoms with Crippen LogP contribution in [0, 0.1) is 10.1 Å². The Labute approximate surface area is 119 Å². The summed E-state index contributed by atoms with van der Waals surface area (Å²) in [7, 11) is 0. The molecule has 3 unspecified atom stereocenters. The van der Waals surface area contributed by atoms with E-state index in [1.165, 1.54) is 24.3 Å². The summed E-state index contributed by atoms with van der Waals surface area (Å²) in [6.45, 7) is -0.564. The number of nitro groups is 1. The van der Waals surface area contributed by atoms with Gasteiger partial charge in [0.15, 0.2) is 0 Å². The molecule has 0 bridgehead atoms. The monoisotopic (exact) mass is 301 g/mol. The van der Waals surface area contributed by atoms with E-state index in [0.29, 0.717) is 0 Å². The van der Waals surface area contributed by atoms with E-state index in [9.17, 15) is 25.4 Å². The maximum absolute atomic E-state index is 10.5. The van der Waals surface area contributed by atoms with Gasteiger partial charge in [0.1, 0.15) is 30.2 Å². The Hall–Kier alpha value is -1.78. The molecule has 9 nitrogen and oxygen atoms in total. The molecule has 4 N–H and O–H groups in total. The zero-order valence-electron chi connectivity index (χ0n) is 10.8. The first kappa shape index (κ1) is 15.6. The van der Waals surface area contributed by atoms with Crippen LogP contribution in [0.15, 0.2) is 24.3 Å². The van der Waals surface area contributed by atoms with Crippen molar-refractivity contribution in [1.29, 1.82) is 0 Å². The molecule has 21 heavy (non-hydrogen) atoms. The number of hydrogen-bond donors (Lipinski definition) is 4. The van der Waals surface area contributed by atoms with Gasteiger partial charge in [0, 0.05) is 12.1 Å². The van der Waals surface area contributed by atoms with Crippen LogP contribution in [0.25, 0.3) is 0 Å². The zero-order valence-corrected chi connectivity index (χ0v) is 10.8. The first-order valence-electron chi connectivity index (χ1n) is 6.15. The molecule has 1 aromatic carbocycles. The Morgan fingerprint density at radius 2 is 1.76 bits per heavy atom. The Morgan fingerprint density at radius 1 is 1.14 bits per heavy atom. The van der Waals surface area contributed by atoms with Crippen LogP contribution >= 0.6 is 0 Å². The number of aliphatic hydroxyl groups excluding tert-OH is 4. The molecular formula is C12H15NO8. The number of non-ortho nitro benzene ring substituents is 1. The molecule has 5 atom stereocenters. The van der Waals surface area contributed by atoms with Crippen molar-refractivity contribution in [3.05, 3.63) is 34.4 Å². The number of nitro benzene ring substituents is 1. The first-order chi connectivity index (χ1) is 9.93. The second-order valence-electron chi connectivity index (χ2n) is 4.57. The highest BCUT2D eigenvalue weighted by molar-refractivity contribution is 5.36. The molecule has 1 fully saturated rings. The maximum atomic E-state index is 10.5. The molecule has 1 saturated heterocycles. The molecular weight excluding hydrogens is 286 g/mol. The van der Waals surface area contributed by atoms with Gasteiger partial charge in [-0.3, -0.25) is 10.1 Å². The van der Waals surface area contributed by atoms with Crippen molar-refractivity contribution in [3.8, 4) is 5.75 Å². The SMILES string of the molecule is O=[N+]([O-])c1ccc(OC2OC(CO)C(O)[C@@H](O)[C@@H]2O)cc1. The van der Waals surface area contributed by atoms with Crippen LogP contribution in [0.5, 0.6) is 5.75 Å². The summed E-state index contributed by atoms with van der Waals surface area (Å²) in [6.07, 6.45) is -6.94. The van der Waals surface area contributed by atoms with Gasteiger partial charge in [0.2, 0.25) is 6.29 Å². The molecule has 1 aliphatic heterocycles. The predicted octanol–water partition coefficient (Wildman–Crippen LogP) is -1.23. The van der Waals surface area contributed by atoms with Crippen molar-refractivity contribution in [2.24, 2.45) is 0 Å². The maximum Gasteiger partial charge on any atom is 0.269 e. The Kier molecular flexibility index (Phi) is 4.70. The molecule has 116 valence electrons. The van der Waals surface area contributed by atoms with Crippen molar-refractivity contribution in [3.63, 3.8) is 0 Å². The topological polar surface area (TPSA) is 143 Å². The Balaban J connectivity index is 2.08. The smallest absolute Gasteiger partial charge is 0.269 e. The summed E-state index contributed by atoms with van der Waals surface area (Å²) < 4.78 is 10.4. The van der Waals surface area contributed by atoms with Gasteiger partial charge in [-0.05, 0) is 12.1 Å². The van der Waals surface area contributed by atoms with Crippen LogP contribution in [-0.2, 0) is 4.74 Å². The summed E-state index contributed by atoms with van der Waals surface area (Å²) in [5.41, 5.74) is -0.129. The Bertz CT molecular complexity index is 491. The van der Waals surface area contributed by atoms with Crippen LogP contribution in [0.4, 0.5) is 5.69 Å². The molecule has 0 aliphatic carbocycles. The normalized spacial score (nSPS) is 32.7. The molecule has 0 amide bonds. The molecule has 1 aliphatic rings. The van der Waals surface area contributed by atoms with E-state index < -0.39 is 42.2 Å². The quantitative estimate of drug-likeness (QED) is 0.400. The molecule has 0 saturated carbocycles. The standard InChI is InChI=1S/C12H15NO8/c14-5-8-9(15)10(16)11(17)12(21-8)20-7-3-1-6(2-4-7)13(18)19/h1-4,8-12,14-17H,5H2/t8?,9?,10-,11+,12?/m1/s1. The largest absolute Gasteiger partial charge is 0.462 e. The average Bonchev–Trinajstić information content (AvgIpc) is 2.48. The number of hydrogen-bond acceptors (Lipinski definition) is 8. The van der Waals surface area contributed by atoms with Crippen molar-refractivity contribution < 1.29 is 34.8 Å². The second kappa shape index (κ2) is 6.33. The third kappa shape index (κ3) is 3.28. The lowest BCUT2D eigenvalue weighted by Crippen LogP contribution is -2.60. The van der Waals surface area contributed by atoms with Gasteiger partial charge in [-0.1, -0.05) is 0 Å². The van der Waals surface area contributed by atoms with Crippen LogP contribution in [-0.4, -0.2) is 62.7 Å². The fourth-order valence-corrected chi connectivity index (χ4v) is 1.95. The average molecular weight is 301 g/mol. The first-order valence-corrected chi connectivity index (χ1v) is 6.15. The van der Waals surface area contributed by atoms with Gasteiger partial charge in [0.25, 0.3) is 5.69 Å². The zero-order chi connectivity index (χ0) is 15.6. The number of aliphatic hydroxyl groups is 4. The molecule has 9 heteroatoms. The fourth-order valence-electron chi connectivity index (χ4n) is 1.95. The molecule has 1 heterocycles. The second-order valence-corrected chi connectivity index (χ2v) is 4.57. The molecule has 0 radical (unpaired) electrons. The summed E-state index contributed by atoms with van der Waals surface area (Å²) in [5, 5.41) is 48.6. The summed E-state index contributed by atoms with van der Waals surface area (Å²) in [6, 6.07) is 5.03. The lowest BCUT2D eigenvalue weighted by molar-refractivity contribution is -0.384. The van der Waals surface area contributed by atoms with Gasteiger partial charge in [-0.2, -0.15) is 0 Å². The highest BCUT2D eigenvalue weighted by Gasteiger charge is 2.44. The summed E-state index contributed by atoms with van der Waals surface area (Å²) in [5.74, 6) is 0.171. The third-order valence-corrected chi connectivity index (χ3v) is 3.15. The van der Waals surface area contributed by atoms with Gasteiger partial charge in [-0.15, -0.1) is 0 Å². The van der Waals surface area contributed by atoms with Gasteiger partial charge >= 0.3 is 0 Å². The lowest BCUT2D eigenvalue weighted by Gasteiger charge is -2.39. The van der Waals surface area contributed by atoms with Gasteiger partial charge in [-0.25, -0.2) is 0 Å².